The first-order chi connectivity index (χ1) is 14.4. The maximum atomic E-state index is 6.18. The van der Waals surface area contributed by atoms with Crippen LogP contribution in [0.1, 0.15) is 29.5 Å². The lowest BCUT2D eigenvalue weighted by Gasteiger charge is -2.18. The van der Waals surface area contributed by atoms with Crippen LogP contribution >= 0.6 is 8.38 Å². The van der Waals surface area contributed by atoms with E-state index in [1.165, 1.54) is 23.1 Å². The van der Waals surface area contributed by atoms with Gasteiger partial charge in [0.05, 0.1) is 13.2 Å². The van der Waals surface area contributed by atoms with Crippen molar-refractivity contribution in [3.63, 3.8) is 0 Å². The molecule has 2 nitrogen and oxygen atoms in total. The molecule has 0 radical (unpaired) electrons. The number of aryl methyl sites for hydroxylation is 1. The van der Waals surface area contributed by atoms with Crippen molar-refractivity contribution in [2.75, 3.05) is 19.4 Å². The zero-order chi connectivity index (χ0) is 20.0. The lowest BCUT2D eigenvalue weighted by atomic mass is 10.1. The maximum absolute atomic E-state index is 6.18. The highest BCUT2D eigenvalue weighted by Gasteiger charge is 2.11. The standard InChI is InChI=1S/C26H31O2P/c1-4-12-24(13-5-1)18-10-11-23-29(27-21-19-25-14-6-2-7-15-25)28-22-20-26-16-8-3-9-17-26/h1-9,12-17H,10-11,18-23H2. The summed E-state index contributed by atoms with van der Waals surface area (Å²) in [6, 6.07) is 31.8. The number of hydrogen-bond acceptors (Lipinski definition) is 2. The van der Waals surface area contributed by atoms with E-state index in [-0.39, 0.29) is 0 Å². The van der Waals surface area contributed by atoms with Crippen molar-refractivity contribution in [2.45, 2.75) is 32.1 Å². The Morgan fingerprint density at radius 1 is 0.483 bits per heavy atom. The van der Waals surface area contributed by atoms with Crippen LogP contribution in [0.25, 0.3) is 0 Å². The molecular weight excluding hydrogens is 375 g/mol. The molecule has 0 saturated heterocycles. The second kappa shape index (κ2) is 13.3. The number of rotatable bonds is 13. The number of hydrogen-bond donors (Lipinski definition) is 0. The molecule has 3 heteroatoms. The Balaban J connectivity index is 1.41. The fourth-order valence-electron chi connectivity index (χ4n) is 3.20. The van der Waals surface area contributed by atoms with E-state index < -0.39 is 8.38 Å². The third kappa shape index (κ3) is 8.92. The second-order valence-corrected chi connectivity index (χ2v) is 8.77. The van der Waals surface area contributed by atoms with Gasteiger partial charge in [0.25, 0.3) is 0 Å². The Kier molecular flexibility index (Phi) is 9.94. The molecular formula is C26H31O2P. The fourth-order valence-corrected chi connectivity index (χ4v) is 4.61. The molecule has 152 valence electrons. The highest BCUT2D eigenvalue weighted by Crippen LogP contribution is 2.39. The van der Waals surface area contributed by atoms with Gasteiger partial charge in [-0.15, -0.1) is 0 Å². The smallest absolute Gasteiger partial charge is 0.170 e. The molecule has 0 heterocycles. The second-order valence-electron chi connectivity index (χ2n) is 7.14. The molecule has 0 aliphatic rings. The molecule has 0 aromatic heterocycles. The van der Waals surface area contributed by atoms with Gasteiger partial charge >= 0.3 is 0 Å². The molecule has 0 bridgehead atoms. The van der Waals surface area contributed by atoms with Crippen LogP contribution in [-0.2, 0) is 28.3 Å². The van der Waals surface area contributed by atoms with Gasteiger partial charge in [-0.25, -0.2) is 0 Å². The lowest BCUT2D eigenvalue weighted by Crippen LogP contribution is -2.03. The van der Waals surface area contributed by atoms with E-state index in [4.69, 9.17) is 9.05 Å². The fraction of sp³-hybridized carbons (Fsp3) is 0.308. The van der Waals surface area contributed by atoms with Gasteiger partial charge in [-0.3, -0.25) is 0 Å². The summed E-state index contributed by atoms with van der Waals surface area (Å²) in [6.07, 6.45) is 6.31. The van der Waals surface area contributed by atoms with Crippen molar-refractivity contribution in [3.8, 4) is 0 Å². The molecule has 0 spiro atoms. The average molecular weight is 407 g/mol. The summed E-state index contributed by atoms with van der Waals surface area (Å²) < 4.78 is 12.4. The van der Waals surface area contributed by atoms with E-state index in [0.717, 1.165) is 45.1 Å². The third-order valence-electron chi connectivity index (χ3n) is 4.84. The number of unbranched alkanes of at least 4 members (excludes halogenated alkanes) is 1. The van der Waals surface area contributed by atoms with Crippen molar-refractivity contribution in [1.29, 1.82) is 0 Å². The molecule has 0 aliphatic heterocycles. The largest absolute Gasteiger partial charge is 0.334 e. The van der Waals surface area contributed by atoms with Gasteiger partial charge in [-0.1, -0.05) is 91.0 Å². The summed E-state index contributed by atoms with van der Waals surface area (Å²) in [7, 11) is -0.834. The average Bonchev–Trinajstić information content (AvgIpc) is 2.78. The van der Waals surface area contributed by atoms with Crippen LogP contribution in [0.3, 0.4) is 0 Å². The van der Waals surface area contributed by atoms with Crippen LogP contribution < -0.4 is 0 Å². The summed E-state index contributed by atoms with van der Waals surface area (Å²) in [6.45, 7) is 1.44. The summed E-state index contributed by atoms with van der Waals surface area (Å²) in [5.74, 6) is 0. The Labute approximate surface area is 176 Å². The first-order valence-corrected chi connectivity index (χ1v) is 11.9. The summed E-state index contributed by atoms with van der Waals surface area (Å²) >= 11 is 0. The van der Waals surface area contributed by atoms with Crippen LogP contribution in [0.2, 0.25) is 0 Å². The van der Waals surface area contributed by atoms with Gasteiger partial charge in [0.1, 0.15) is 0 Å². The van der Waals surface area contributed by atoms with Crippen LogP contribution in [0, 0.1) is 0 Å². The van der Waals surface area contributed by atoms with Gasteiger partial charge < -0.3 is 9.05 Å². The monoisotopic (exact) mass is 406 g/mol. The Bertz CT molecular complexity index is 732. The predicted octanol–water partition coefficient (Wildman–Crippen LogP) is 6.84. The highest BCUT2D eigenvalue weighted by atomic mass is 31.2. The molecule has 0 unspecified atom stereocenters. The van der Waals surface area contributed by atoms with Gasteiger partial charge in [-0.2, -0.15) is 0 Å². The molecule has 3 rings (SSSR count). The van der Waals surface area contributed by atoms with Crippen LogP contribution in [0.5, 0.6) is 0 Å². The van der Waals surface area contributed by atoms with Gasteiger partial charge in [0.15, 0.2) is 8.38 Å². The van der Waals surface area contributed by atoms with Gasteiger partial charge in [-0.05, 0) is 48.8 Å². The van der Waals surface area contributed by atoms with Crippen molar-refractivity contribution in [2.24, 2.45) is 0 Å². The summed E-state index contributed by atoms with van der Waals surface area (Å²) in [4.78, 5) is 0. The highest BCUT2D eigenvalue weighted by molar-refractivity contribution is 7.47. The third-order valence-corrected chi connectivity index (χ3v) is 6.46. The predicted molar refractivity (Wildman–Crippen MR) is 123 cm³/mol. The van der Waals surface area contributed by atoms with Crippen molar-refractivity contribution in [3.05, 3.63) is 108 Å². The molecule has 29 heavy (non-hydrogen) atoms. The minimum absolute atomic E-state index is 0.722. The Morgan fingerprint density at radius 3 is 1.34 bits per heavy atom. The zero-order valence-electron chi connectivity index (χ0n) is 17.1. The van der Waals surface area contributed by atoms with Crippen molar-refractivity contribution >= 4 is 8.38 Å². The summed E-state index contributed by atoms with van der Waals surface area (Å²) in [5.41, 5.74) is 4.04. The Hall–Kier alpha value is -1.99. The molecule has 0 fully saturated rings. The SMILES string of the molecule is c1ccc(CCCCP(OCCc2ccccc2)OCCc2ccccc2)cc1. The van der Waals surface area contributed by atoms with E-state index in [2.05, 4.69) is 91.0 Å². The Morgan fingerprint density at radius 2 is 0.897 bits per heavy atom. The molecule has 0 atom stereocenters. The van der Waals surface area contributed by atoms with E-state index in [9.17, 15) is 0 Å². The van der Waals surface area contributed by atoms with Gasteiger partial charge in [0.2, 0.25) is 0 Å². The van der Waals surface area contributed by atoms with E-state index in [0.29, 0.717) is 0 Å². The molecule has 0 N–H and O–H groups in total. The van der Waals surface area contributed by atoms with Crippen LogP contribution in [-0.4, -0.2) is 19.4 Å². The molecule has 0 amide bonds. The van der Waals surface area contributed by atoms with Gasteiger partial charge in [0, 0.05) is 6.16 Å². The van der Waals surface area contributed by atoms with Crippen LogP contribution in [0.15, 0.2) is 91.0 Å². The topological polar surface area (TPSA) is 18.5 Å². The first-order valence-electron chi connectivity index (χ1n) is 10.6. The molecule has 0 aliphatic carbocycles. The molecule has 3 aromatic carbocycles. The minimum Gasteiger partial charge on any atom is -0.334 e. The molecule has 3 aromatic rings. The van der Waals surface area contributed by atoms with Crippen LogP contribution in [0.4, 0.5) is 0 Å². The van der Waals surface area contributed by atoms with E-state index >= 15 is 0 Å². The summed E-state index contributed by atoms with van der Waals surface area (Å²) in [5, 5.41) is 0. The quantitative estimate of drug-likeness (QED) is 0.228. The molecule has 0 saturated carbocycles. The van der Waals surface area contributed by atoms with Crippen molar-refractivity contribution < 1.29 is 9.05 Å². The van der Waals surface area contributed by atoms with E-state index in [1.54, 1.807) is 0 Å². The van der Waals surface area contributed by atoms with Crippen molar-refractivity contribution in [1.82, 2.24) is 0 Å². The first kappa shape index (κ1) is 21.7. The minimum atomic E-state index is -0.834. The zero-order valence-corrected chi connectivity index (χ0v) is 18.0. The normalized spacial score (nSPS) is 11.1. The number of benzene rings is 3. The van der Waals surface area contributed by atoms with E-state index in [1.807, 2.05) is 0 Å². The maximum Gasteiger partial charge on any atom is 0.170 e. The lowest BCUT2D eigenvalue weighted by molar-refractivity contribution is 0.253.